The Balaban J connectivity index is 1.90. The Labute approximate surface area is 152 Å². The van der Waals surface area contributed by atoms with E-state index < -0.39 is 6.10 Å². The number of hydrogen-bond acceptors (Lipinski definition) is 6. The molecule has 2 rings (SSSR count). The highest BCUT2D eigenvalue weighted by atomic mass is 79.9. The van der Waals surface area contributed by atoms with E-state index in [1.54, 1.807) is 19.1 Å². The third-order valence-corrected chi connectivity index (χ3v) is 4.35. The van der Waals surface area contributed by atoms with Gasteiger partial charge in [0.15, 0.2) is 6.10 Å². The van der Waals surface area contributed by atoms with E-state index in [0.29, 0.717) is 16.3 Å². The third-order valence-electron chi connectivity index (χ3n) is 2.86. The highest BCUT2D eigenvalue weighted by molar-refractivity contribution is 9.10. The SMILES string of the molecule is Cc1csc(/C(C#N)=C/NNC(=O)[C@H](C)Oc2cccc(Br)c2)n1. The molecule has 0 saturated carbocycles. The first-order valence-corrected chi connectivity index (χ1v) is 8.67. The summed E-state index contributed by atoms with van der Waals surface area (Å²) in [5.41, 5.74) is 6.28. The fourth-order valence-corrected chi connectivity index (χ4v) is 2.84. The van der Waals surface area contributed by atoms with Crippen molar-refractivity contribution in [2.24, 2.45) is 0 Å². The molecule has 1 atom stereocenters. The van der Waals surface area contributed by atoms with Gasteiger partial charge in [0, 0.05) is 21.7 Å². The lowest BCUT2D eigenvalue weighted by Crippen LogP contribution is -2.42. The first-order chi connectivity index (χ1) is 11.5. The van der Waals surface area contributed by atoms with Crippen LogP contribution in [0.2, 0.25) is 0 Å². The Hall–Kier alpha value is -2.37. The normalized spacial score (nSPS) is 12.2. The van der Waals surface area contributed by atoms with Crippen LogP contribution in [-0.4, -0.2) is 17.0 Å². The van der Waals surface area contributed by atoms with Crippen molar-refractivity contribution < 1.29 is 9.53 Å². The number of nitriles is 1. The van der Waals surface area contributed by atoms with E-state index in [4.69, 9.17) is 10.00 Å². The van der Waals surface area contributed by atoms with Gasteiger partial charge in [-0.25, -0.2) is 4.98 Å². The average Bonchev–Trinajstić information content (AvgIpc) is 2.97. The first-order valence-electron chi connectivity index (χ1n) is 7.00. The number of halogens is 1. The van der Waals surface area contributed by atoms with Gasteiger partial charge in [0.05, 0.1) is 0 Å². The van der Waals surface area contributed by atoms with Gasteiger partial charge in [-0.05, 0) is 32.0 Å². The molecule has 0 aliphatic rings. The summed E-state index contributed by atoms with van der Waals surface area (Å²) < 4.78 is 6.42. The zero-order valence-electron chi connectivity index (χ0n) is 13.0. The molecule has 8 heteroatoms. The van der Waals surface area contributed by atoms with E-state index >= 15 is 0 Å². The number of carbonyl (C=O) groups excluding carboxylic acids is 1. The Morgan fingerprint density at radius 2 is 2.33 bits per heavy atom. The number of hydrogen-bond donors (Lipinski definition) is 2. The third kappa shape index (κ3) is 5.08. The summed E-state index contributed by atoms with van der Waals surface area (Å²) in [4.78, 5) is 16.2. The summed E-state index contributed by atoms with van der Waals surface area (Å²) in [5.74, 6) is 0.220. The lowest BCUT2D eigenvalue weighted by molar-refractivity contribution is -0.128. The number of allylic oxidation sites excluding steroid dienone is 1. The van der Waals surface area contributed by atoms with Crippen molar-refractivity contribution in [1.29, 1.82) is 5.26 Å². The molecule has 0 bridgehead atoms. The molecule has 0 aliphatic heterocycles. The monoisotopic (exact) mass is 406 g/mol. The van der Waals surface area contributed by atoms with Crippen molar-refractivity contribution >= 4 is 38.7 Å². The van der Waals surface area contributed by atoms with Crippen LogP contribution in [0.3, 0.4) is 0 Å². The Kier molecular flexibility index (Phi) is 6.35. The van der Waals surface area contributed by atoms with Crippen LogP contribution in [0.5, 0.6) is 5.75 Å². The van der Waals surface area contributed by atoms with Crippen LogP contribution >= 0.6 is 27.3 Å². The van der Waals surface area contributed by atoms with Crippen molar-refractivity contribution in [3.63, 3.8) is 0 Å². The van der Waals surface area contributed by atoms with Crippen LogP contribution in [-0.2, 0) is 4.79 Å². The number of nitrogens with zero attached hydrogens (tertiary/aromatic N) is 2. The number of rotatable bonds is 6. The summed E-state index contributed by atoms with van der Waals surface area (Å²) >= 11 is 4.71. The summed E-state index contributed by atoms with van der Waals surface area (Å²) in [5, 5.41) is 11.6. The smallest absolute Gasteiger partial charge is 0.279 e. The minimum atomic E-state index is -0.701. The molecular formula is C16H15BrN4O2S. The quantitative estimate of drug-likeness (QED) is 0.568. The molecule has 1 amide bonds. The molecule has 2 aromatic rings. The van der Waals surface area contributed by atoms with Gasteiger partial charge in [-0.2, -0.15) is 5.26 Å². The minimum Gasteiger partial charge on any atom is -0.481 e. The Morgan fingerprint density at radius 1 is 1.54 bits per heavy atom. The van der Waals surface area contributed by atoms with Crippen molar-refractivity contribution in [3.05, 3.63) is 51.0 Å². The second-order valence-corrected chi connectivity index (χ2v) is 6.59. The maximum atomic E-state index is 12.0. The summed E-state index contributed by atoms with van der Waals surface area (Å²) in [6.07, 6.45) is 0.704. The maximum absolute atomic E-state index is 12.0. The second-order valence-electron chi connectivity index (χ2n) is 4.81. The van der Waals surface area contributed by atoms with Crippen LogP contribution in [0.4, 0.5) is 0 Å². The Bertz CT molecular complexity index is 797. The van der Waals surface area contributed by atoms with Gasteiger partial charge in [-0.1, -0.05) is 22.0 Å². The minimum absolute atomic E-state index is 0.342. The number of aryl methyl sites for hydroxylation is 1. The summed E-state index contributed by atoms with van der Waals surface area (Å²) in [6, 6.07) is 9.27. The van der Waals surface area contributed by atoms with Crippen molar-refractivity contribution in [2.45, 2.75) is 20.0 Å². The number of nitrogens with one attached hydrogen (secondary N) is 2. The van der Waals surface area contributed by atoms with Crippen LogP contribution in [0, 0.1) is 18.3 Å². The predicted molar refractivity (Wildman–Crippen MR) is 96.0 cm³/mol. The molecule has 0 saturated heterocycles. The number of benzene rings is 1. The Morgan fingerprint density at radius 3 is 2.96 bits per heavy atom. The van der Waals surface area contributed by atoms with Gasteiger partial charge in [0.25, 0.3) is 5.91 Å². The second kappa shape index (κ2) is 8.47. The largest absolute Gasteiger partial charge is 0.481 e. The average molecular weight is 407 g/mol. The number of aromatic nitrogens is 1. The van der Waals surface area contributed by atoms with E-state index in [0.717, 1.165) is 10.2 Å². The fraction of sp³-hybridized carbons (Fsp3) is 0.188. The predicted octanol–water partition coefficient (Wildman–Crippen LogP) is 3.17. The van der Waals surface area contributed by atoms with Gasteiger partial charge in [0.1, 0.15) is 22.4 Å². The van der Waals surface area contributed by atoms with Crippen LogP contribution in [0.1, 0.15) is 17.6 Å². The van der Waals surface area contributed by atoms with Crippen LogP contribution in [0.25, 0.3) is 5.57 Å². The van der Waals surface area contributed by atoms with E-state index in [-0.39, 0.29) is 5.91 Å². The molecule has 0 spiro atoms. The summed E-state index contributed by atoms with van der Waals surface area (Å²) in [6.45, 7) is 3.49. The lowest BCUT2D eigenvalue weighted by atomic mass is 10.3. The van der Waals surface area contributed by atoms with Gasteiger partial charge in [0.2, 0.25) is 0 Å². The topological polar surface area (TPSA) is 87.0 Å². The molecule has 0 fully saturated rings. The lowest BCUT2D eigenvalue weighted by Gasteiger charge is -2.14. The van der Waals surface area contributed by atoms with Gasteiger partial charge >= 0.3 is 0 Å². The van der Waals surface area contributed by atoms with E-state index in [1.165, 1.54) is 17.5 Å². The highest BCUT2D eigenvalue weighted by Gasteiger charge is 2.14. The molecule has 1 heterocycles. The molecule has 124 valence electrons. The molecule has 1 aromatic heterocycles. The van der Waals surface area contributed by atoms with Gasteiger partial charge < -0.3 is 10.2 Å². The molecule has 1 aromatic carbocycles. The molecule has 0 radical (unpaired) electrons. The van der Waals surface area contributed by atoms with Crippen LogP contribution in [0.15, 0.2) is 40.3 Å². The fourth-order valence-electron chi connectivity index (χ4n) is 1.70. The van der Waals surface area contributed by atoms with Crippen molar-refractivity contribution in [2.75, 3.05) is 0 Å². The van der Waals surface area contributed by atoms with E-state index in [9.17, 15) is 4.79 Å². The van der Waals surface area contributed by atoms with Crippen LogP contribution < -0.4 is 15.6 Å². The number of carbonyl (C=O) groups is 1. The van der Waals surface area contributed by atoms with E-state index in [2.05, 4.69) is 31.8 Å². The highest BCUT2D eigenvalue weighted by Crippen LogP contribution is 2.19. The standard InChI is InChI=1S/C16H15BrN4O2S/c1-10-9-24-16(20-10)12(7-18)8-19-21-15(22)11(2)23-14-5-3-4-13(17)6-14/h3-6,8-9,11,19H,1-2H3,(H,21,22)/b12-8+/t11-/m0/s1. The molecule has 2 N–H and O–H groups in total. The first kappa shape index (κ1) is 18.0. The van der Waals surface area contributed by atoms with Gasteiger partial charge in [-0.3, -0.25) is 10.2 Å². The zero-order valence-corrected chi connectivity index (χ0v) is 15.4. The number of thiazole rings is 1. The van der Waals surface area contributed by atoms with Crippen molar-refractivity contribution in [3.8, 4) is 11.8 Å². The summed E-state index contributed by atoms with van der Waals surface area (Å²) in [7, 11) is 0. The molecule has 6 nitrogen and oxygen atoms in total. The number of ether oxygens (including phenoxy) is 1. The molecule has 0 aliphatic carbocycles. The van der Waals surface area contributed by atoms with Crippen molar-refractivity contribution in [1.82, 2.24) is 15.8 Å². The number of amides is 1. The maximum Gasteiger partial charge on any atom is 0.279 e. The molecule has 0 unspecified atom stereocenters. The zero-order chi connectivity index (χ0) is 17.5. The molecular weight excluding hydrogens is 392 g/mol. The molecule has 24 heavy (non-hydrogen) atoms. The van der Waals surface area contributed by atoms with E-state index in [1.807, 2.05) is 30.5 Å². The van der Waals surface area contributed by atoms with Gasteiger partial charge in [-0.15, -0.1) is 11.3 Å². The number of hydrazine groups is 1.